The van der Waals surface area contributed by atoms with Gasteiger partial charge in [0.15, 0.2) is 0 Å². The van der Waals surface area contributed by atoms with Crippen molar-refractivity contribution in [2.75, 3.05) is 14.7 Å². The van der Waals surface area contributed by atoms with Gasteiger partial charge in [0.05, 0.1) is 86.8 Å². The Labute approximate surface area is 505 Å². The van der Waals surface area contributed by atoms with Crippen LogP contribution < -0.4 is 14.7 Å². The Bertz CT molecular complexity index is 4220. The molecular weight excluding hydrogens is 1070 g/mol. The topological polar surface area (TPSA) is 102 Å². The Balaban J connectivity index is 0.825. The SMILES string of the molecule is CC1(C)c2ccccc2N(c2ccccc2-n2cc(-c3cc(-c4cn(-c5ccccc5N5c6ccccc6C(C)(C)c6ccccc65)nn4)cc(-c4cn(-c5ccccc5N5c6ccccc6C(C)(C)c6ccccc65)nn4)c3)nn2)c2ccccc21. The first-order valence-electron chi connectivity index (χ1n) is 29.6. The molecule has 0 atom stereocenters. The second-order valence-corrected chi connectivity index (χ2v) is 24.4. The van der Waals surface area contributed by atoms with Crippen LogP contribution in [0.4, 0.5) is 51.2 Å². The first-order chi connectivity index (χ1) is 42.4. The first kappa shape index (κ1) is 51.6. The highest BCUT2D eigenvalue weighted by atomic mass is 15.4. The van der Waals surface area contributed by atoms with Gasteiger partial charge in [-0.2, -0.15) is 0 Å². The molecule has 3 aromatic heterocycles. The van der Waals surface area contributed by atoms with E-state index in [0.717, 1.165) is 84.9 Å². The van der Waals surface area contributed by atoms with Crippen molar-refractivity contribution in [3.05, 3.63) is 289 Å². The van der Waals surface area contributed by atoms with Crippen molar-refractivity contribution < 1.29 is 0 Å². The highest BCUT2D eigenvalue weighted by Gasteiger charge is 2.40. The molecule has 0 amide bonds. The third kappa shape index (κ3) is 8.04. The van der Waals surface area contributed by atoms with E-state index in [1.54, 1.807) is 0 Å². The lowest BCUT2D eigenvalue weighted by atomic mass is 9.73. The molecule has 0 saturated carbocycles. The van der Waals surface area contributed by atoms with E-state index < -0.39 is 0 Å². The van der Waals surface area contributed by atoms with Crippen LogP contribution in [0, 0.1) is 0 Å². The van der Waals surface area contributed by atoms with E-state index in [2.05, 4.69) is 293 Å². The fraction of sp³-hybridized carbons (Fsp3) is 0.120. The highest BCUT2D eigenvalue weighted by Crippen LogP contribution is 2.56. The summed E-state index contributed by atoms with van der Waals surface area (Å²) in [6, 6.07) is 83.9. The fourth-order valence-corrected chi connectivity index (χ4v) is 13.9. The van der Waals surface area contributed by atoms with Crippen LogP contribution in [0.15, 0.2) is 255 Å². The number of hydrogen-bond donors (Lipinski definition) is 0. The van der Waals surface area contributed by atoms with Crippen molar-refractivity contribution >= 4 is 51.2 Å². The Hall–Kier alpha value is -11.0. The van der Waals surface area contributed by atoms with Crippen molar-refractivity contribution in [3.8, 4) is 50.8 Å². The summed E-state index contributed by atoms with van der Waals surface area (Å²) in [4.78, 5) is 7.09. The van der Waals surface area contributed by atoms with Gasteiger partial charge in [-0.1, -0.05) is 203 Å². The molecule has 0 spiro atoms. The Morgan fingerprint density at radius 3 is 0.632 bits per heavy atom. The molecule has 87 heavy (non-hydrogen) atoms. The van der Waals surface area contributed by atoms with E-state index in [4.69, 9.17) is 30.9 Å². The van der Waals surface area contributed by atoms with Gasteiger partial charge in [-0.05, 0) is 124 Å². The van der Waals surface area contributed by atoms with E-state index in [0.29, 0.717) is 17.1 Å². The lowest BCUT2D eigenvalue weighted by Crippen LogP contribution is -2.30. The number of aromatic nitrogens is 9. The van der Waals surface area contributed by atoms with Gasteiger partial charge in [0.25, 0.3) is 0 Å². The molecule has 3 aliphatic heterocycles. The third-order valence-electron chi connectivity index (χ3n) is 18.3. The van der Waals surface area contributed by atoms with E-state index in [1.165, 1.54) is 33.4 Å². The summed E-state index contributed by atoms with van der Waals surface area (Å²) in [6.45, 7) is 13.8. The number of benzene rings is 10. The van der Waals surface area contributed by atoms with Gasteiger partial charge in [0.2, 0.25) is 0 Å². The van der Waals surface area contributed by atoms with Crippen LogP contribution >= 0.6 is 0 Å². The lowest BCUT2D eigenvalue weighted by molar-refractivity contribution is 0.631. The maximum atomic E-state index is 4.96. The van der Waals surface area contributed by atoms with Crippen LogP contribution in [-0.2, 0) is 16.2 Å². The summed E-state index contributed by atoms with van der Waals surface area (Å²) in [6.07, 6.45) is 6.04. The summed E-state index contributed by atoms with van der Waals surface area (Å²) >= 11 is 0. The van der Waals surface area contributed by atoms with Crippen LogP contribution in [0.5, 0.6) is 0 Å². The van der Waals surface area contributed by atoms with E-state index >= 15 is 0 Å². The molecule has 0 unspecified atom stereocenters. The van der Waals surface area contributed by atoms with Crippen molar-refractivity contribution in [2.24, 2.45) is 0 Å². The normalized spacial score (nSPS) is 14.8. The number of rotatable bonds is 9. The van der Waals surface area contributed by atoms with Gasteiger partial charge in [-0.25, -0.2) is 14.0 Å². The lowest BCUT2D eigenvalue weighted by Gasteiger charge is -2.42. The maximum absolute atomic E-state index is 4.96. The number of fused-ring (bicyclic) bond motifs is 6. The van der Waals surface area contributed by atoms with Gasteiger partial charge in [0.1, 0.15) is 17.1 Å². The smallest absolute Gasteiger partial charge is 0.113 e. The van der Waals surface area contributed by atoms with Gasteiger partial charge in [0, 0.05) is 32.9 Å². The van der Waals surface area contributed by atoms with E-state index in [1.807, 2.05) is 32.6 Å². The first-order valence-corrected chi connectivity index (χ1v) is 29.6. The summed E-state index contributed by atoms with van der Waals surface area (Å²) < 4.78 is 5.66. The number of nitrogens with zero attached hydrogens (tertiary/aromatic N) is 12. The second kappa shape index (κ2) is 19.5. The zero-order valence-electron chi connectivity index (χ0n) is 49.1. The summed E-state index contributed by atoms with van der Waals surface area (Å²) in [5, 5.41) is 29.6. The van der Waals surface area contributed by atoms with Crippen LogP contribution in [0.1, 0.15) is 74.9 Å². The zero-order chi connectivity index (χ0) is 58.8. The van der Waals surface area contributed by atoms with Crippen molar-refractivity contribution in [1.29, 1.82) is 0 Å². The fourth-order valence-electron chi connectivity index (χ4n) is 13.9. The Morgan fingerprint density at radius 1 is 0.230 bits per heavy atom. The predicted octanol–water partition coefficient (Wildman–Crippen LogP) is 17.8. The van der Waals surface area contributed by atoms with Crippen molar-refractivity contribution in [1.82, 2.24) is 45.0 Å². The molecule has 0 saturated heterocycles. The molecule has 0 bridgehead atoms. The van der Waals surface area contributed by atoms with Crippen molar-refractivity contribution in [2.45, 2.75) is 57.8 Å². The summed E-state index contributed by atoms with van der Waals surface area (Å²) in [5.41, 5.74) is 23.7. The van der Waals surface area contributed by atoms with Gasteiger partial charge in [-0.3, -0.25) is 0 Å². The zero-order valence-corrected chi connectivity index (χ0v) is 49.1. The molecule has 0 fully saturated rings. The number of para-hydroxylation sites is 12. The summed E-state index contributed by atoms with van der Waals surface area (Å²) in [7, 11) is 0. The molecule has 0 radical (unpaired) electrons. The number of anilines is 9. The number of hydrogen-bond acceptors (Lipinski definition) is 9. The molecule has 13 aromatic rings. The molecule has 6 heterocycles. The van der Waals surface area contributed by atoms with Crippen molar-refractivity contribution in [3.63, 3.8) is 0 Å². The molecule has 12 heteroatoms. The monoisotopic (exact) mass is 1130 g/mol. The standard InChI is InChI=1S/C75H60N12/c1-73(2)52-25-7-13-31-61(52)85(62-32-14-8-26-53(62)73)70-40-22-19-37-67(70)82-46-58(76-79-82)49-43-50(59-47-83(80-77-59)68-38-20-23-41-71(68)86-63-33-15-9-27-54(63)74(3,4)55-28-10-16-34-64(55)86)45-51(44-49)60-48-84(81-78-60)69-39-21-24-42-72(69)87-65-35-17-11-29-56(65)75(5,6)57-30-12-18-36-66(57)87/h7-48H,1-6H3. The Kier molecular flexibility index (Phi) is 11.6. The minimum absolute atomic E-state index is 0.211. The van der Waals surface area contributed by atoms with Crippen LogP contribution in [0.3, 0.4) is 0 Å². The van der Waals surface area contributed by atoms with Crippen LogP contribution in [0.25, 0.3) is 50.8 Å². The van der Waals surface area contributed by atoms with Gasteiger partial charge < -0.3 is 14.7 Å². The molecular formula is C75H60N12. The second-order valence-electron chi connectivity index (χ2n) is 24.4. The van der Waals surface area contributed by atoms with Gasteiger partial charge >= 0.3 is 0 Å². The molecule has 0 aliphatic carbocycles. The minimum Gasteiger partial charge on any atom is -0.308 e. The maximum Gasteiger partial charge on any atom is 0.113 e. The molecule has 16 rings (SSSR count). The molecule has 0 N–H and O–H groups in total. The molecule has 10 aromatic carbocycles. The summed E-state index contributed by atoms with van der Waals surface area (Å²) in [5.74, 6) is 0. The van der Waals surface area contributed by atoms with Gasteiger partial charge in [-0.15, -0.1) is 15.3 Å². The van der Waals surface area contributed by atoms with E-state index in [9.17, 15) is 0 Å². The largest absolute Gasteiger partial charge is 0.308 e. The Morgan fingerprint density at radius 2 is 0.414 bits per heavy atom. The van der Waals surface area contributed by atoms with Crippen LogP contribution in [-0.4, -0.2) is 45.0 Å². The third-order valence-corrected chi connectivity index (χ3v) is 18.3. The minimum atomic E-state index is -0.211. The van der Waals surface area contributed by atoms with Crippen LogP contribution in [0.2, 0.25) is 0 Å². The quantitative estimate of drug-likeness (QED) is 0.140. The average Bonchev–Trinajstić information content (AvgIpc) is 1.34. The highest BCUT2D eigenvalue weighted by molar-refractivity contribution is 5.92. The molecule has 12 nitrogen and oxygen atoms in total. The average molecular weight is 1130 g/mol. The molecule has 420 valence electrons. The molecule has 3 aliphatic rings. The predicted molar refractivity (Wildman–Crippen MR) is 348 cm³/mol. The van der Waals surface area contributed by atoms with E-state index in [-0.39, 0.29) is 16.2 Å².